The number of hydrogen-bond donors (Lipinski definition) is 1. The molecule has 0 aliphatic carbocycles. The Kier molecular flexibility index (Phi) is 5.31. The topological polar surface area (TPSA) is 55.6 Å². The van der Waals surface area contributed by atoms with Gasteiger partial charge in [-0.2, -0.15) is 0 Å². The molecule has 1 aliphatic heterocycles. The molecule has 4 nitrogen and oxygen atoms in total. The molecule has 0 atom stereocenters. The number of nitrogens with zero attached hydrogens (tertiary/aromatic N) is 1. The highest BCUT2D eigenvalue weighted by molar-refractivity contribution is 6.56. The van der Waals surface area contributed by atoms with E-state index in [1.807, 2.05) is 30.3 Å². The van der Waals surface area contributed by atoms with Crippen LogP contribution in [0.15, 0.2) is 64.4 Å². The van der Waals surface area contributed by atoms with Crippen molar-refractivity contribution in [1.82, 2.24) is 4.90 Å². The SMILES string of the molecule is NC1=C(C=C(Cl)Cl)N(C(=O)OCc2ccccc2)CC=C1. The van der Waals surface area contributed by atoms with Crippen LogP contribution in [0.1, 0.15) is 5.56 Å². The molecule has 1 aliphatic rings. The van der Waals surface area contributed by atoms with E-state index >= 15 is 0 Å². The summed E-state index contributed by atoms with van der Waals surface area (Å²) in [7, 11) is 0. The maximum Gasteiger partial charge on any atom is 0.414 e. The van der Waals surface area contributed by atoms with Crippen LogP contribution >= 0.6 is 23.2 Å². The fourth-order valence-electron chi connectivity index (χ4n) is 1.86. The van der Waals surface area contributed by atoms with Gasteiger partial charge in [-0.05, 0) is 17.7 Å². The molecule has 21 heavy (non-hydrogen) atoms. The van der Waals surface area contributed by atoms with Crippen molar-refractivity contribution in [3.63, 3.8) is 0 Å². The normalized spacial score (nSPS) is 14.1. The smallest absolute Gasteiger partial charge is 0.414 e. The predicted molar refractivity (Wildman–Crippen MR) is 83.5 cm³/mol. The quantitative estimate of drug-likeness (QED) is 0.922. The number of ether oxygens (including phenoxy) is 1. The van der Waals surface area contributed by atoms with Gasteiger partial charge in [-0.3, -0.25) is 4.90 Å². The maximum atomic E-state index is 12.2. The van der Waals surface area contributed by atoms with Crippen molar-refractivity contribution in [3.05, 3.63) is 70.0 Å². The number of halogens is 2. The molecule has 6 heteroatoms. The zero-order chi connectivity index (χ0) is 15.2. The highest BCUT2D eigenvalue weighted by Crippen LogP contribution is 2.21. The van der Waals surface area contributed by atoms with Gasteiger partial charge in [0, 0.05) is 6.54 Å². The van der Waals surface area contributed by atoms with Crippen LogP contribution in [0.3, 0.4) is 0 Å². The lowest BCUT2D eigenvalue weighted by molar-refractivity contribution is 0.110. The molecular formula is C15H14Cl2N2O2. The molecule has 0 radical (unpaired) electrons. The van der Waals surface area contributed by atoms with Gasteiger partial charge in [0.2, 0.25) is 0 Å². The van der Waals surface area contributed by atoms with E-state index in [2.05, 4.69) is 0 Å². The summed E-state index contributed by atoms with van der Waals surface area (Å²) in [6.07, 6.45) is 4.38. The molecular weight excluding hydrogens is 311 g/mol. The lowest BCUT2D eigenvalue weighted by Crippen LogP contribution is -2.34. The lowest BCUT2D eigenvalue weighted by atomic mass is 10.2. The number of carbonyl (C=O) groups is 1. The van der Waals surface area contributed by atoms with Gasteiger partial charge in [0.05, 0.1) is 11.4 Å². The average Bonchev–Trinajstić information content (AvgIpc) is 2.47. The first-order valence-electron chi connectivity index (χ1n) is 6.25. The van der Waals surface area contributed by atoms with Crippen LogP contribution in [-0.2, 0) is 11.3 Å². The van der Waals surface area contributed by atoms with Crippen molar-refractivity contribution in [1.29, 1.82) is 0 Å². The van der Waals surface area contributed by atoms with Gasteiger partial charge < -0.3 is 10.5 Å². The molecule has 1 amide bonds. The monoisotopic (exact) mass is 324 g/mol. The van der Waals surface area contributed by atoms with E-state index in [0.29, 0.717) is 17.9 Å². The minimum atomic E-state index is -0.507. The Bertz CT molecular complexity index is 605. The standard InChI is InChI=1S/C15H14Cl2N2O2/c16-14(17)9-13-12(18)7-4-8-19(13)15(20)21-10-11-5-2-1-3-6-11/h1-7,9H,8,10,18H2. The predicted octanol–water partition coefficient (Wildman–Crippen LogP) is 3.68. The first-order valence-corrected chi connectivity index (χ1v) is 7.00. The van der Waals surface area contributed by atoms with Crippen LogP contribution in [0.25, 0.3) is 0 Å². The van der Waals surface area contributed by atoms with Gasteiger partial charge in [0.1, 0.15) is 11.1 Å². The summed E-state index contributed by atoms with van der Waals surface area (Å²) in [6, 6.07) is 9.42. The Hall–Kier alpha value is -1.91. The molecule has 1 heterocycles. The van der Waals surface area contributed by atoms with Gasteiger partial charge in [0.25, 0.3) is 0 Å². The molecule has 110 valence electrons. The van der Waals surface area contributed by atoms with Crippen LogP contribution in [0, 0.1) is 0 Å². The number of carbonyl (C=O) groups excluding carboxylic acids is 1. The van der Waals surface area contributed by atoms with Gasteiger partial charge in [-0.15, -0.1) is 0 Å². The number of benzene rings is 1. The van der Waals surface area contributed by atoms with Gasteiger partial charge in [0.15, 0.2) is 0 Å². The molecule has 0 spiro atoms. The third kappa shape index (κ3) is 4.28. The van der Waals surface area contributed by atoms with E-state index in [1.54, 1.807) is 12.2 Å². The second-order valence-electron chi connectivity index (χ2n) is 4.33. The summed E-state index contributed by atoms with van der Waals surface area (Å²) >= 11 is 11.3. The molecule has 0 bridgehead atoms. The number of nitrogens with two attached hydrogens (primary N) is 1. The number of allylic oxidation sites excluding steroid dienone is 2. The fraction of sp³-hybridized carbons (Fsp3) is 0.133. The molecule has 1 aromatic rings. The summed E-state index contributed by atoms with van der Waals surface area (Å²) in [5.41, 5.74) is 7.58. The highest BCUT2D eigenvalue weighted by Gasteiger charge is 2.22. The number of hydrogen-bond acceptors (Lipinski definition) is 3. The van der Waals surface area contributed by atoms with Crippen molar-refractivity contribution in [2.45, 2.75) is 6.61 Å². The first kappa shape index (κ1) is 15.5. The first-order chi connectivity index (χ1) is 10.1. The van der Waals surface area contributed by atoms with E-state index in [4.69, 9.17) is 33.7 Å². The summed E-state index contributed by atoms with van der Waals surface area (Å²) < 4.78 is 5.29. The zero-order valence-corrected chi connectivity index (χ0v) is 12.6. The lowest BCUT2D eigenvalue weighted by Gasteiger charge is -2.25. The molecule has 1 aromatic carbocycles. The van der Waals surface area contributed by atoms with Crippen molar-refractivity contribution < 1.29 is 9.53 Å². The minimum absolute atomic E-state index is 0.0177. The summed E-state index contributed by atoms with van der Waals surface area (Å²) in [4.78, 5) is 13.6. The summed E-state index contributed by atoms with van der Waals surface area (Å²) in [5, 5.41) is 0. The molecule has 0 aromatic heterocycles. The Morgan fingerprint density at radius 3 is 2.71 bits per heavy atom. The van der Waals surface area contributed by atoms with Crippen LogP contribution in [0.5, 0.6) is 0 Å². The summed E-state index contributed by atoms with van der Waals surface area (Å²) in [5.74, 6) is 0. The fourth-order valence-corrected chi connectivity index (χ4v) is 2.07. The van der Waals surface area contributed by atoms with E-state index in [9.17, 15) is 4.79 Å². The van der Waals surface area contributed by atoms with E-state index in [1.165, 1.54) is 11.0 Å². The van der Waals surface area contributed by atoms with E-state index in [0.717, 1.165) is 5.56 Å². The Balaban J connectivity index is 2.08. The van der Waals surface area contributed by atoms with E-state index < -0.39 is 6.09 Å². The second-order valence-corrected chi connectivity index (χ2v) is 5.34. The Morgan fingerprint density at radius 2 is 2.05 bits per heavy atom. The van der Waals surface area contributed by atoms with Crippen LogP contribution in [-0.4, -0.2) is 17.5 Å². The number of rotatable bonds is 3. The third-order valence-corrected chi connectivity index (χ3v) is 3.06. The molecule has 2 N–H and O–H groups in total. The molecule has 0 unspecified atom stereocenters. The molecule has 2 rings (SSSR count). The van der Waals surface area contributed by atoms with Gasteiger partial charge >= 0.3 is 6.09 Å². The number of amides is 1. The Morgan fingerprint density at radius 1 is 1.33 bits per heavy atom. The van der Waals surface area contributed by atoms with E-state index in [-0.39, 0.29) is 11.1 Å². The maximum absolute atomic E-state index is 12.2. The van der Waals surface area contributed by atoms with Crippen molar-refractivity contribution in [3.8, 4) is 0 Å². The van der Waals surface area contributed by atoms with Crippen LogP contribution in [0.2, 0.25) is 0 Å². The molecule has 0 saturated carbocycles. The van der Waals surface area contributed by atoms with Crippen molar-refractivity contribution in [2.24, 2.45) is 5.73 Å². The average molecular weight is 325 g/mol. The van der Waals surface area contributed by atoms with Crippen molar-refractivity contribution in [2.75, 3.05) is 6.54 Å². The highest BCUT2D eigenvalue weighted by atomic mass is 35.5. The largest absolute Gasteiger partial charge is 0.444 e. The van der Waals surface area contributed by atoms with Crippen LogP contribution < -0.4 is 5.73 Å². The zero-order valence-electron chi connectivity index (χ0n) is 11.1. The van der Waals surface area contributed by atoms with Crippen molar-refractivity contribution >= 4 is 29.3 Å². The Labute approximate surface area is 133 Å². The van der Waals surface area contributed by atoms with Gasteiger partial charge in [-0.1, -0.05) is 59.6 Å². The molecule has 0 saturated heterocycles. The van der Waals surface area contributed by atoms with Gasteiger partial charge in [-0.25, -0.2) is 4.79 Å². The third-order valence-electron chi connectivity index (χ3n) is 2.84. The molecule has 0 fully saturated rings. The summed E-state index contributed by atoms with van der Waals surface area (Å²) in [6.45, 7) is 0.534. The van der Waals surface area contributed by atoms with Crippen LogP contribution in [0.4, 0.5) is 4.79 Å². The second kappa shape index (κ2) is 7.20. The minimum Gasteiger partial charge on any atom is -0.444 e.